The Morgan fingerprint density at radius 1 is 0.365 bits per heavy atom. The van der Waals surface area contributed by atoms with Gasteiger partial charge in [0.05, 0.1) is 40.3 Å². The van der Waals surface area contributed by atoms with E-state index in [0.29, 0.717) is 17.4 Å². The molecule has 9 nitrogen and oxygen atoms in total. The van der Waals surface area contributed by atoms with Crippen molar-refractivity contribution in [2.75, 3.05) is 47.5 Å². The molecule has 0 rings (SSSR count). The maximum atomic E-state index is 12.9. The van der Waals surface area contributed by atoms with E-state index in [2.05, 4.69) is 123 Å². The molecule has 488 valence electrons. The van der Waals surface area contributed by atoms with Crippen molar-refractivity contribution in [1.82, 2.24) is 0 Å². The maximum Gasteiger partial charge on any atom is 0.306 e. The van der Waals surface area contributed by atoms with Crippen LogP contribution in [0.1, 0.15) is 296 Å². The van der Waals surface area contributed by atoms with Crippen LogP contribution >= 0.6 is 0 Å². The fourth-order valence-corrected chi connectivity index (χ4v) is 9.67. The number of esters is 2. The Kier molecular flexibility index (Phi) is 62.8. The number of aliphatic carboxylic acids is 1. The van der Waals surface area contributed by atoms with Gasteiger partial charge in [-0.3, -0.25) is 9.59 Å². The van der Waals surface area contributed by atoms with Gasteiger partial charge in [-0.1, -0.05) is 290 Å². The van der Waals surface area contributed by atoms with Crippen LogP contribution in [0.2, 0.25) is 0 Å². The highest BCUT2D eigenvalue weighted by molar-refractivity contribution is 5.70. The largest absolute Gasteiger partial charge is 0.545 e. The monoisotopic (exact) mass is 1190 g/mol. The molecule has 0 aromatic carbocycles. The SMILES string of the molecule is CC/C=C\C/C=C\C/C=C\C/C=C\C/C=C\C/C=C\C/C=C\C/C=C\CCCCCCCCCCC(=O)OC(COC(=O)CCCCCCCCCCCCCCCCC/C=C\CCCCCCCCCC)COC(OCC[N+](C)(C)C)C(=O)[O-]. The minimum Gasteiger partial charge on any atom is -0.545 e. The number of hydrogen-bond donors (Lipinski definition) is 0. The minimum atomic E-state index is -1.63. The normalized spacial score (nSPS) is 13.4. The smallest absolute Gasteiger partial charge is 0.306 e. The second-order valence-electron chi connectivity index (χ2n) is 24.4. The summed E-state index contributed by atoms with van der Waals surface area (Å²) in [6, 6.07) is 0. The van der Waals surface area contributed by atoms with Gasteiger partial charge >= 0.3 is 11.9 Å². The minimum absolute atomic E-state index is 0.142. The first kappa shape index (κ1) is 81.0. The van der Waals surface area contributed by atoms with Gasteiger partial charge in [0, 0.05) is 12.8 Å². The van der Waals surface area contributed by atoms with Crippen molar-refractivity contribution >= 4 is 17.9 Å². The Balaban J connectivity index is 4.17. The van der Waals surface area contributed by atoms with Gasteiger partial charge in [-0.2, -0.15) is 0 Å². The molecule has 0 N–H and O–H groups in total. The lowest BCUT2D eigenvalue weighted by Crippen LogP contribution is -2.44. The van der Waals surface area contributed by atoms with Gasteiger partial charge in [-0.25, -0.2) is 0 Å². The first-order valence-corrected chi connectivity index (χ1v) is 35.0. The zero-order valence-electron chi connectivity index (χ0n) is 55.7. The van der Waals surface area contributed by atoms with Crippen LogP contribution < -0.4 is 5.11 Å². The van der Waals surface area contributed by atoms with Gasteiger partial charge < -0.3 is 33.3 Å². The fourth-order valence-electron chi connectivity index (χ4n) is 9.67. The molecule has 0 heterocycles. The van der Waals surface area contributed by atoms with E-state index in [1.807, 2.05) is 21.1 Å². The van der Waals surface area contributed by atoms with E-state index in [1.54, 1.807) is 0 Å². The third-order valence-corrected chi connectivity index (χ3v) is 15.0. The van der Waals surface area contributed by atoms with E-state index in [4.69, 9.17) is 18.9 Å². The van der Waals surface area contributed by atoms with Crippen LogP contribution in [0.25, 0.3) is 0 Å². The second-order valence-corrected chi connectivity index (χ2v) is 24.4. The van der Waals surface area contributed by atoms with Crippen LogP contribution in [0.15, 0.2) is 109 Å². The van der Waals surface area contributed by atoms with Crippen molar-refractivity contribution in [2.24, 2.45) is 0 Å². The van der Waals surface area contributed by atoms with Gasteiger partial charge in [0.15, 0.2) is 12.4 Å². The maximum absolute atomic E-state index is 12.9. The summed E-state index contributed by atoms with van der Waals surface area (Å²) < 4.78 is 22.8. The van der Waals surface area contributed by atoms with E-state index in [9.17, 15) is 19.5 Å². The molecule has 0 aliphatic carbocycles. The molecule has 0 saturated carbocycles. The number of unbranched alkanes of at least 4 members (excludes halogenated alkanes) is 31. The zero-order chi connectivity index (χ0) is 61.9. The van der Waals surface area contributed by atoms with Crippen LogP contribution in [0.3, 0.4) is 0 Å². The van der Waals surface area contributed by atoms with Crippen molar-refractivity contribution in [3.05, 3.63) is 109 Å². The Hall–Kier alpha value is -4.05. The van der Waals surface area contributed by atoms with Crippen molar-refractivity contribution in [2.45, 2.75) is 309 Å². The van der Waals surface area contributed by atoms with E-state index in [1.165, 1.54) is 167 Å². The van der Waals surface area contributed by atoms with Crippen molar-refractivity contribution in [1.29, 1.82) is 0 Å². The molecule has 0 aliphatic heterocycles. The van der Waals surface area contributed by atoms with Crippen molar-refractivity contribution in [3.8, 4) is 0 Å². The average molecular weight is 1190 g/mol. The fraction of sp³-hybridized carbons (Fsp3) is 0.724. The van der Waals surface area contributed by atoms with Crippen LogP contribution in [-0.2, 0) is 33.3 Å². The lowest BCUT2D eigenvalue weighted by atomic mass is 10.0. The predicted octanol–water partition coefficient (Wildman–Crippen LogP) is 20.5. The van der Waals surface area contributed by atoms with Gasteiger partial charge in [0.2, 0.25) is 0 Å². The van der Waals surface area contributed by atoms with Gasteiger partial charge in [0.1, 0.15) is 13.2 Å². The molecular weight excluding hydrogens is 1050 g/mol. The molecule has 0 saturated heterocycles. The molecule has 0 aromatic heterocycles. The summed E-state index contributed by atoms with van der Waals surface area (Å²) in [6.07, 6.45) is 88.8. The van der Waals surface area contributed by atoms with Gasteiger partial charge in [-0.05, 0) is 103 Å². The summed E-state index contributed by atoms with van der Waals surface area (Å²) in [6.45, 7) is 4.65. The third kappa shape index (κ3) is 67.3. The Morgan fingerprint density at radius 3 is 1.01 bits per heavy atom. The Bertz CT molecular complexity index is 1760. The summed E-state index contributed by atoms with van der Waals surface area (Å²) in [5, 5.41) is 11.8. The Morgan fingerprint density at radius 2 is 0.671 bits per heavy atom. The molecule has 0 fully saturated rings. The highest BCUT2D eigenvalue weighted by atomic mass is 16.7. The molecule has 0 spiro atoms. The molecule has 0 aliphatic rings. The summed E-state index contributed by atoms with van der Waals surface area (Å²) in [5.41, 5.74) is 0. The summed E-state index contributed by atoms with van der Waals surface area (Å²) in [7, 11) is 5.93. The Labute approximate surface area is 524 Å². The van der Waals surface area contributed by atoms with Crippen LogP contribution in [-0.4, -0.2) is 82.3 Å². The van der Waals surface area contributed by atoms with E-state index >= 15 is 0 Å². The molecule has 0 bridgehead atoms. The van der Waals surface area contributed by atoms with Crippen LogP contribution in [0, 0.1) is 0 Å². The highest BCUT2D eigenvalue weighted by Gasteiger charge is 2.22. The lowest BCUT2D eigenvalue weighted by Gasteiger charge is -2.26. The molecule has 0 aromatic rings. The van der Waals surface area contributed by atoms with E-state index < -0.39 is 24.3 Å². The number of hydrogen-bond acceptors (Lipinski definition) is 8. The number of quaternary nitrogens is 1. The first-order chi connectivity index (χ1) is 41.6. The molecule has 2 atom stereocenters. The standard InChI is InChI=1S/C76H131NO8/c1-6-8-10-12-14-16-18-20-22-24-26-28-30-32-34-35-36-37-38-39-41-43-45-47-49-51-53-55-57-59-61-63-65-67-74(79)85-72(71-84-76(75(80)81)82-69-68-77(3,4)5)70-83-73(78)66-64-62-60-58-56-54-52-50-48-46-44-42-40-33-31-29-27-25-23-21-19-17-15-13-11-9-7-2/h8,10,14,16,20,22,25-28,32,34,36-37,39,41,45,47,72,76H,6-7,9,11-13,15,17-19,21,23-24,29-31,33,35,38,40,42-44,46,48-71H2,1-5H3/b10-8-,16-14-,22-20-,27-25-,28-26-,34-32-,37-36-,41-39-,47-45-. The van der Waals surface area contributed by atoms with Gasteiger partial charge in [0.25, 0.3) is 0 Å². The zero-order valence-corrected chi connectivity index (χ0v) is 55.7. The number of likely N-dealkylation sites (N-methyl/N-ethyl adjacent to an activating group) is 1. The van der Waals surface area contributed by atoms with Gasteiger partial charge in [-0.15, -0.1) is 0 Å². The summed E-state index contributed by atoms with van der Waals surface area (Å²) >= 11 is 0. The molecule has 85 heavy (non-hydrogen) atoms. The number of nitrogens with zero attached hydrogens (tertiary/aromatic N) is 1. The number of allylic oxidation sites excluding steroid dienone is 18. The molecule has 9 heteroatoms. The lowest BCUT2D eigenvalue weighted by molar-refractivity contribution is -0.870. The number of carbonyl (C=O) groups excluding carboxylic acids is 3. The topological polar surface area (TPSA) is 111 Å². The van der Waals surface area contributed by atoms with Crippen molar-refractivity contribution in [3.63, 3.8) is 0 Å². The molecule has 2 unspecified atom stereocenters. The van der Waals surface area contributed by atoms with E-state index in [0.717, 1.165) is 96.3 Å². The number of carboxylic acid groups (broad SMARTS) is 1. The number of carbonyl (C=O) groups is 3. The summed E-state index contributed by atoms with van der Waals surface area (Å²) in [5.74, 6) is -2.29. The van der Waals surface area contributed by atoms with Crippen molar-refractivity contribution < 1.29 is 42.9 Å². The highest BCUT2D eigenvalue weighted by Crippen LogP contribution is 2.17. The third-order valence-electron chi connectivity index (χ3n) is 15.0. The quantitative estimate of drug-likeness (QED) is 0.0195. The second kappa shape index (κ2) is 65.9. The number of rotatable bonds is 64. The first-order valence-electron chi connectivity index (χ1n) is 35.0. The van der Waals surface area contributed by atoms with E-state index in [-0.39, 0.29) is 38.6 Å². The van der Waals surface area contributed by atoms with Crippen LogP contribution in [0.4, 0.5) is 0 Å². The van der Waals surface area contributed by atoms with Crippen LogP contribution in [0.5, 0.6) is 0 Å². The molecular formula is C76H131NO8. The number of carboxylic acids is 1. The molecule has 0 radical (unpaired) electrons. The predicted molar refractivity (Wildman–Crippen MR) is 361 cm³/mol. The number of ether oxygens (including phenoxy) is 4. The molecule has 0 amide bonds. The average Bonchev–Trinajstić information content (AvgIpc) is 3.49. The summed E-state index contributed by atoms with van der Waals surface area (Å²) in [4.78, 5) is 37.5.